The highest BCUT2D eigenvalue weighted by atomic mass is 16.5. The summed E-state index contributed by atoms with van der Waals surface area (Å²) < 4.78 is 5.58. The lowest BCUT2D eigenvalue weighted by Crippen LogP contribution is -2.38. The van der Waals surface area contributed by atoms with E-state index >= 15 is 0 Å². The van der Waals surface area contributed by atoms with E-state index in [0.717, 1.165) is 40.8 Å². The monoisotopic (exact) mass is 480 g/mol. The van der Waals surface area contributed by atoms with Crippen LogP contribution in [-0.4, -0.2) is 39.9 Å². The van der Waals surface area contributed by atoms with Gasteiger partial charge in [0.2, 0.25) is 11.7 Å². The number of benzene rings is 3. The second-order valence-electron chi connectivity index (χ2n) is 9.24. The second kappa shape index (κ2) is 10.2. The molecule has 0 saturated carbocycles. The van der Waals surface area contributed by atoms with Gasteiger partial charge in [-0.3, -0.25) is 9.59 Å². The summed E-state index contributed by atoms with van der Waals surface area (Å²) in [7, 11) is 0. The molecule has 2 heterocycles. The minimum absolute atomic E-state index is 0.0734. The molecule has 1 N–H and O–H groups in total. The largest absolute Gasteiger partial charge is 0.339 e. The zero-order chi connectivity index (χ0) is 25.1. The first-order valence-corrected chi connectivity index (χ1v) is 12.1. The van der Waals surface area contributed by atoms with E-state index in [9.17, 15) is 9.59 Å². The molecule has 3 aromatic carbocycles. The van der Waals surface area contributed by atoms with Gasteiger partial charge in [0.1, 0.15) is 0 Å². The molecule has 2 amide bonds. The van der Waals surface area contributed by atoms with E-state index in [2.05, 4.69) is 15.5 Å². The first-order valence-electron chi connectivity index (χ1n) is 12.1. The number of rotatable bonds is 5. The van der Waals surface area contributed by atoms with Crippen molar-refractivity contribution in [3.63, 3.8) is 0 Å². The summed E-state index contributed by atoms with van der Waals surface area (Å²) in [6.07, 6.45) is 1.55. The van der Waals surface area contributed by atoms with Crippen LogP contribution in [0.2, 0.25) is 0 Å². The van der Waals surface area contributed by atoms with Gasteiger partial charge < -0.3 is 14.7 Å². The minimum atomic E-state index is -0.173. The van der Waals surface area contributed by atoms with Gasteiger partial charge in [0.25, 0.3) is 11.8 Å². The summed E-state index contributed by atoms with van der Waals surface area (Å²) in [5.41, 5.74) is 4.92. The number of likely N-dealkylation sites (tertiary alicyclic amines) is 1. The lowest BCUT2D eigenvalue weighted by atomic mass is 9.96. The van der Waals surface area contributed by atoms with Crippen molar-refractivity contribution in [1.82, 2.24) is 15.0 Å². The number of piperidine rings is 1. The van der Waals surface area contributed by atoms with Crippen LogP contribution < -0.4 is 5.32 Å². The third kappa shape index (κ3) is 5.05. The zero-order valence-corrected chi connectivity index (χ0v) is 20.4. The smallest absolute Gasteiger partial charge is 0.255 e. The molecule has 7 heteroatoms. The topological polar surface area (TPSA) is 88.3 Å². The SMILES string of the molecule is Cc1cccc(NC(=O)c2ccc(-c3noc(C4CCN(C(=O)c5ccccc5C)CC4)n3)cc2)c1. The van der Waals surface area contributed by atoms with Crippen molar-refractivity contribution in [2.24, 2.45) is 0 Å². The molecule has 0 radical (unpaired) electrons. The van der Waals surface area contributed by atoms with Crippen molar-refractivity contribution in [3.05, 3.63) is 101 Å². The zero-order valence-electron chi connectivity index (χ0n) is 20.4. The lowest BCUT2D eigenvalue weighted by Gasteiger charge is -2.30. The van der Waals surface area contributed by atoms with Crippen LogP contribution >= 0.6 is 0 Å². The maximum absolute atomic E-state index is 12.9. The van der Waals surface area contributed by atoms with Gasteiger partial charge in [-0.25, -0.2) is 0 Å². The average Bonchev–Trinajstić information content (AvgIpc) is 3.39. The van der Waals surface area contributed by atoms with Gasteiger partial charge in [-0.2, -0.15) is 4.98 Å². The van der Waals surface area contributed by atoms with Crippen molar-refractivity contribution in [2.45, 2.75) is 32.6 Å². The lowest BCUT2D eigenvalue weighted by molar-refractivity contribution is 0.0703. The summed E-state index contributed by atoms with van der Waals surface area (Å²) in [5, 5.41) is 7.07. The Morgan fingerprint density at radius 2 is 1.69 bits per heavy atom. The molecule has 0 aliphatic carbocycles. The van der Waals surface area contributed by atoms with Crippen LogP contribution in [0.5, 0.6) is 0 Å². The van der Waals surface area contributed by atoms with Crippen molar-refractivity contribution in [3.8, 4) is 11.4 Å². The number of amides is 2. The van der Waals surface area contributed by atoms with Gasteiger partial charge in [-0.05, 0) is 68.1 Å². The number of carbonyl (C=O) groups excluding carboxylic acids is 2. The van der Waals surface area contributed by atoms with Gasteiger partial charge >= 0.3 is 0 Å². The number of aromatic nitrogens is 2. The fourth-order valence-corrected chi connectivity index (χ4v) is 4.53. The van der Waals surface area contributed by atoms with E-state index in [1.54, 1.807) is 12.1 Å². The molecule has 7 nitrogen and oxygen atoms in total. The first kappa shape index (κ1) is 23.5. The Morgan fingerprint density at radius 3 is 2.42 bits per heavy atom. The standard InChI is InChI=1S/C29H28N4O3/c1-19-6-5-8-24(18-19)30-27(34)22-12-10-21(11-13-22)26-31-28(36-32-26)23-14-16-33(17-15-23)29(35)25-9-4-3-7-20(25)2/h3-13,18,23H,14-17H2,1-2H3,(H,30,34). The maximum Gasteiger partial charge on any atom is 0.255 e. The Bertz CT molecular complexity index is 1390. The van der Waals surface area contributed by atoms with Gasteiger partial charge in [0.05, 0.1) is 0 Å². The first-order chi connectivity index (χ1) is 17.5. The molecule has 4 aromatic rings. The number of nitrogens with one attached hydrogen (secondary N) is 1. The normalized spacial score (nSPS) is 14.0. The summed E-state index contributed by atoms with van der Waals surface area (Å²) in [5.74, 6) is 1.10. The molecule has 0 unspecified atom stereocenters. The molecule has 0 bridgehead atoms. The van der Waals surface area contributed by atoms with Crippen LogP contribution in [0.15, 0.2) is 77.3 Å². The Morgan fingerprint density at radius 1 is 0.944 bits per heavy atom. The molecular weight excluding hydrogens is 452 g/mol. The Balaban J connectivity index is 1.20. The Labute approximate surface area is 210 Å². The van der Waals surface area contributed by atoms with E-state index in [1.165, 1.54) is 0 Å². The number of nitrogens with zero attached hydrogens (tertiary/aromatic N) is 3. The van der Waals surface area contributed by atoms with Gasteiger partial charge in [-0.15, -0.1) is 0 Å². The van der Waals surface area contributed by atoms with Gasteiger partial charge in [0.15, 0.2) is 0 Å². The third-order valence-corrected chi connectivity index (χ3v) is 6.63. The third-order valence-electron chi connectivity index (χ3n) is 6.63. The Hall–Kier alpha value is -4.26. The minimum Gasteiger partial charge on any atom is -0.339 e. The van der Waals surface area contributed by atoms with Gasteiger partial charge in [-0.1, -0.05) is 47.6 Å². The molecule has 182 valence electrons. The molecule has 1 aliphatic rings. The van der Waals surface area contributed by atoms with Crippen molar-refractivity contribution < 1.29 is 14.1 Å². The van der Waals surface area contributed by atoms with E-state index in [-0.39, 0.29) is 17.7 Å². The number of carbonyl (C=O) groups is 2. The van der Waals surface area contributed by atoms with Crippen LogP contribution in [0.4, 0.5) is 5.69 Å². The fourth-order valence-electron chi connectivity index (χ4n) is 4.53. The van der Waals surface area contributed by atoms with E-state index < -0.39 is 0 Å². The molecule has 1 fully saturated rings. The van der Waals surface area contributed by atoms with Crippen LogP contribution in [0, 0.1) is 13.8 Å². The molecule has 36 heavy (non-hydrogen) atoms. The molecule has 0 spiro atoms. The quantitative estimate of drug-likeness (QED) is 0.400. The highest BCUT2D eigenvalue weighted by Gasteiger charge is 2.28. The summed E-state index contributed by atoms with van der Waals surface area (Å²) in [6, 6.07) is 22.5. The highest BCUT2D eigenvalue weighted by molar-refractivity contribution is 6.04. The predicted octanol–water partition coefficient (Wildman–Crippen LogP) is 5.63. The fraction of sp³-hybridized carbons (Fsp3) is 0.241. The van der Waals surface area contributed by atoms with Gasteiger partial charge in [0, 0.05) is 41.4 Å². The maximum atomic E-state index is 12.9. The van der Waals surface area contributed by atoms with Crippen molar-refractivity contribution in [2.75, 3.05) is 18.4 Å². The average molecular weight is 481 g/mol. The Kier molecular flexibility index (Phi) is 6.62. The molecule has 0 atom stereocenters. The number of anilines is 1. The summed E-state index contributed by atoms with van der Waals surface area (Å²) in [6.45, 7) is 5.25. The summed E-state index contributed by atoms with van der Waals surface area (Å²) >= 11 is 0. The highest BCUT2D eigenvalue weighted by Crippen LogP contribution is 2.29. The number of hydrogen-bond donors (Lipinski definition) is 1. The van der Waals surface area contributed by atoms with Crippen LogP contribution in [0.1, 0.15) is 56.5 Å². The summed E-state index contributed by atoms with van der Waals surface area (Å²) in [4.78, 5) is 32.0. The number of hydrogen-bond acceptors (Lipinski definition) is 5. The van der Waals surface area contributed by atoms with Crippen molar-refractivity contribution in [1.29, 1.82) is 0 Å². The molecule has 1 aromatic heterocycles. The van der Waals surface area contributed by atoms with Crippen LogP contribution in [0.25, 0.3) is 11.4 Å². The molecule has 1 aliphatic heterocycles. The van der Waals surface area contributed by atoms with E-state index in [1.807, 2.05) is 79.4 Å². The molecular formula is C29H28N4O3. The number of aryl methyl sites for hydroxylation is 2. The van der Waals surface area contributed by atoms with Crippen molar-refractivity contribution >= 4 is 17.5 Å². The second-order valence-corrected chi connectivity index (χ2v) is 9.24. The van der Waals surface area contributed by atoms with E-state index in [0.29, 0.717) is 30.4 Å². The van der Waals surface area contributed by atoms with Crippen LogP contribution in [-0.2, 0) is 0 Å². The predicted molar refractivity (Wildman–Crippen MR) is 138 cm³/mol. The van der Waals surface area contributed by atoms with E-state index in [4.69, 9.17) is 4.52 Å². The van der Waals surface area contributed by atoms with Crippen LogP contribution in [0.3, 0.4) is 0 Å². The molecule has 1 saturated heterocycles. The molecule has 5 rings (SSSR count).